The molecule has 1 N–H and O–H groups in total. The highest BCUT2D eigenvalue weighted by Crippen LogP contribution is 2.35. The van der Waals surface area contributed by atoms with Crippen molar-refractivity contribution in [2.75, 3.05) is 20.2 Å². The van der Waals surface area contributed by atoms with E-state index in [4.69, 9.17) is 4.74 Å². The smallest absolute Gasteiger partial charge is 0.0586 e. The van der Waals surface area contributed by atoms with Crippen LogP contribution in [0.15, 0.2) is 0 Å². The number of hydrogen-bond donors (Lipinski definition) is 1. The van der Waals surface area contributed by atoms with Gasteiger partial charge in [0.1, 0.15) is 0 Å². The Hall–Kier alpha value is -0.120. The highest BCUT2D eigenvalue weighted by molar-refractivity contribution is 5.01. The molecule has 1 aliphatic carbocycles. The Labute approximate surface area is 131 Å². The number of piperazine rings is 1. The van der Waals surface area contributed by atoms with Crippen molar-refractivity contribution in [3.63, 3.8) is 0 Å². The van der Waals surface area contributed by atoms with Crippen molar-refractivity contribution in [1.29, 1.82) is 0 Å². The van der Waals surface area contributed by atoms with Crippen molar-refractivity contribution in [3.05, 3.63) is 0 Å². The van der Waals surface area contributed by atoms with Crippen molar-refractivity contribution in [3.8, 4) is 0 Å². The third-order valence-corrected chi connectivity index (χ3v) is 5.98. The van der Waals surface area contributed by atoms with Crippen LogP contribution < -0.4 is 5.32 Å². The molecule has 2 aliphatic rings. The first kappa shape index (κ1) is 17.2. The fourth-order valence-electron chi connectivity index (χ4n) is 4.04. The summed E-state index contributed by atoms with van der Waals surface area (Å²) in [4.78, 5) is 2.82. The van der Waals surface area contributed by atoms with Crippen LogP contribution in [0, 0.1) is 5.41 Å². The van der Waals surface area contributed by atoms with E-state index >= 15 is 0 Å². The van der Waals surface area contributed by atoms with Crippen LogP contribution >= 0.6 is 0 Å². The average molecular weight is 296 g/mol. The molecule has 0 spiro atoms. The van der Waals surface area contributed by atoms with E-state index in [1.54, 1.807) is 0 Å². The lowest BCUT2D eigenvalue weighted by Crippen LogP contribution is -2.68. The minimum atomic E-state index is 0.294. The fraction of sp³-hybridized carbons (Fsp3) is 1.00. The summed E-state index contributed by atoms with van der Waals surface area (Å²) in [6, 6.07) is 1.28. The van der Waals surface area contributed by atoms with Crippen LogP contribution in [0.25, 0.3) is 0 Å². The summed E-state index contributed by atoms with van der Waals surface area (Å²) in [5, 5.41) is 3.82. The number of nitrogens with one attached hydrogen (secondary N) is 1. The van der Waals surface area contributed by atoms with Crippen LogP contribution in [-0.4, -0.2) is 48.8 Å². The molecule has 0 bridgehead atoms. The first-order valence-corrected chi connectivity index (χ1v) is 8.83. The van der Waals surface area contributed by atoms with E-state index in [1.165, 1.54) is 38.6 Å². The topological polar surface area (TPSA) is 24.5 Å². The largest absolute Gasteiger partial charge is 0.381 e. The molecule has 0 aromatic heterocycles. The molecule has 2 fully saturated rings. The first-order valence-electron chi connectivity index (χ1n) is 8.83. The fourth-order valence-corrected chi connectivity index (χ4v) is 4.04. The van der Waals surface area contributed by atoms with Crippen LogP contribution in [0.3, 0.4) is 0 Å². The summed E-state index contributed by atoms with van der Waals surface area (Å²) in [6.07, 6.45) is 6.78. The lowest BCUT2D eigenvalue weighted by atomic mass is 9.79. The zero-order chi connectivity index (χ0) is 15.7. The van der Waals surface area contributed by atoms with E-state index < -0.39 is 0 Å². The lowest BCUT2D eigenvalue weighted by Gasteiger charge is -2.55. The molecule has 0 radical (unpaired) electrons. The minimum Gasteiger partial charge on any atom is -0.381 e. The summed E-state index contributed by atoms with van der Waals surface area (Å²) in [5.41, 5.74) is 0.616. The molecule has 124 valence electrons. The molecule has 1 saturated carbocycles. The van der Waals surface area contributed by atoms with Crippen LogP contribution in [-0.2, 0) is 4.74 Å². The van der Waals surface area contributed by atoms with E-state index in [9.17, 15) is 0 Å². The van der Waals surface area contributed by atoms with Crippen LogP contribution in [0.1, 0.15) is 66.7 Å². The Kier molecular flexibility index (Phi) is 5.38. The molecule has 3 nitrogen and oxygen atoms in total. The van der Waals surface area contributed by atoms with Gasteiger partial charge in [0.25, 0.3) is 0 Å². The van der Waals surface area contributed by atoms with Crippen molar-refractivity contribution in [2.24, 2.45) is 5.41 Å². The lowest BCUT2D eigenvalue weighted by molar-refractivity contribution is -0.0470. The maximum absolute atomic E-state index is 5.67. The number of methoxy groups -OCH3 is 1. The number of rotatable bonds is 3. The Morgan fingerprint density at radius 1 is 1.29 bits per heavy atom. The van der Waals surface area contributed by atoms with Gasteiger partial charge >= 0.3 is 0 Å². The highest BCUT2D eigenvalue weighted by atomic mass is 16.5. The van der Waals surface area contributed by atoms with Gasteiger partial charge in [0.15, 0.2) is 0 Å². The predicted molar refractivity (Wildman–Crippen MR) is 89.7 cm³/mol. The summed E-state index contributed by atoms with van der Waals surface area (Å²) in [5.74, 6) is 0. The molecular weight excluding hydrogens is 260 g/mol. The SMILES string of the molecule is CCC1(C)CNC(C(C)(C)C)CN1C1CCCC(OC)C1. The first-order chi connectivity index (χ1) is 9.80. The van der Waals surface area contributed by atoms with Crippen LogP contribution in [0.4, 0.5) is 0 Å². The third kappa shape index (κ3) is 3.80. The summed E-state index contributed by atoms with van der Waals surface area (Å²) < 4.78 is 5.67. The minimum absolute atomic E-state index is 0.294. The maximum Gasteiger partial charge on any atom is 0.0586 e. The normalized spacial score (nSPS) is 39.4. The van der Waals surface area contributed by atoms with Gasteiger partial charge in [-0.1, -0.05) is 27.7 Å². The Bertz CT molecular complexity index is 339. The van der Waals surface area contributed by atoms with Gasteiger partial charge < -0.3 is 10.1 Å². The molecule has 3 heteroatoms. The second-order valence-electron chi connectivity index (χ2n) is 8.48. The molecule has 0 aromatic rings. The Balaban J connectivity index is 2.14. The third-order valence-electron chi connectivity index (χ3n) is 5.98. The van der Waals surface area contributed by atoms with E-state index in [0.717, 1.165) is 6.54 Å². The Morgan fingerprint density at radius 2 is 2.00 bits per heavy atom. The molecule has 0 amide bonds. The van der Waals surface area contributed by atoms with Crippen molar-refractivity contribution in [1.82, 2.24) is 10.2 Å². The molecule has 0 aromatic carbocycles. The summed E-state index contributed by atoms with van der Waals surface area (Å²) >= 11 is 0. The molecule has 1 saturated heterocycles. The van der Waals surface area contributed by atoms with E-state index in [-0.39, 0.29) is 0 Å². The van der Waals surface area contributed by atoms with Crippen molar-refractivity contribution < 1.29 is 4.74 Å². The van der Waals surface area contributed by atoms with Crippen LogP contribution in [0.5, 0.6) is 0 Å². The van der Waals surface area contributed by atoms with Gasteiger partial charge in [-0.05, 0) is 44.4 Å². The van der Waals surface area contributed by atoms with Crippen molar-refractivity contribution in [2.45, 2.75) is 90.4 Å². The highest BCUT2D eigenvalue weighted by Gasteiger charge is 2.43. The average Bonchev–Trinajstić information content (AvgIpc) is 2.46. The standard InChI is InChI=1S/C18H36N2O/c1-7-18(5)13-19-16(17(2,3)4)12-20(18)14-9-8-10-15(11-14)21-6/h14-16,19H,7-13H2,1-6H3. The number of hydrogen-bond acceptors (Lipinski definition) is 3. The zero-order valence-electron chi connectivity index (χ0n) is 15.0. The van der Waals surface area contributed by atoms with Gasteiger partial charge in [0.2, 0.25) is 0 Å². The molecular formula is C18H36N2O. The van der Waals surface area contributed by atoms with Gasteiger partial charge in [-0.2, -0.15) is 0 Å². The van der Waals surface area contributed by atoms with E-state index in [1.807, 2.05) is 7.11 Å². The van der Waals surface area contributed by atoms with E-state index in [0.29, 0.717) is 29.1 Å². The summed E-state index contributed by atoms with van der Waals surface area (Å²) in [6.45, 7) is 14.1. The van der Waals surface area contributed by atoms with Gasteiger partial charge in [0, 0.05) is 37.8 Å². The van der Waals surface area contributed by atoms with Gasteiger partial charge in [-0.3, -0.25) is 4.90 Å². The zero-order valence-corrected chi connectivity index (χ0v) is 15.0. The maximum atomic E-state index is 5.67. The molecule has 2 rings (SSSR count). The number of ether oxygens (including phenoxy) is 1. The van der Waals surface area contributed by atoms with Gasteiger partial charge in [-0.15, -0.1) is 0 Å². The quantitative estimate of drug-likeness (QED) is 0.863. The second-order valence-corrected chi connectivity index (χ2v) is 8.48. The molecule has 1 aliphatic heterocycles. The Morgan fingerprint density at radius 3 is 2.57 bits per heavy atom. The summed E-state index contributed by atoms with van der Waals surface area (Å²) in [7, 11) is 1.88. The van der Waals surface area contributed by atoms with Gasteiger partial charge in [-0.25, -0.2) is 0 Å². The second kappa shape index (κ2) is 6.55. The van der Waals surface area contributed by atoms with E-state index in [2.05, 4.69) is 44.8 Å². The predicted octanol–water partition coefficient (Wildman–Crippen LogP) is 3.43. The van der Waals surface area contributed by atoms with Gasteiger partial charge in [0.05, 0.1) is 6.10 Å². The molecule has 4 atom stereocenters. The molecule has 4 unspecified atom stereocenters. The van der Waals surface area contributed by atoms with Crippen molar-refractivity contribution >= 4 is 0 Å². The number of nitrogens with zero attached hydrogens (tertiary/aromatic N) is 1. The molecule has 1 heterocycles. The monoisotopic (exact) mass is 296 g/mol. The van der Waals surface area contributed by atoms with Crippen LogP contribution in [0.2, 0.25) is 0 Å². The molecule has 21 heavy (non-hydrogen) atoms.